The van der Waals surface area contributed by atoms with Crippen LogP contribution < -0.4 is 15.4 Å². The second-order valence-corrected chi connectivity index (χ2v) is 6.47. The van der Waals surface area contributed by atoms with Gasteiger partial charge in [-0.25, -0.2) is 4.79 Å². The largest absolute Gasteiger partial charge is 0.497 e. The number of carbonyl (C=O) groups excluding carboxylic acids is 1. The molecule has 0 atom stereocenters. The molecule has 2 N–H and O–H groups in total. The van der Waals surface area contributed by atoms with Gasteiger partial charge in [0, 0.05) is 6.54 Å². The van der Waals surface area contributed by atoms with Crippen LogP contribution in [-0.2, 0) is 6.54 Å². The van der Waals surface area contributed by atoms with Crippen molar-refractivity contribution >= 4 is 33.8 Å². The lowest BCUT2D eigenvalue weighted by molar-refractivity contribution is 0.251. The maximum Gasteiger partial charge on any atom is 0.321 e. The predicted molar refractivity (Wildman–Crippen MR) is 92.1 cm³/mol. The van der Waals surface area contributed by atoms with E-state index in [2.05, 4.69) is 20.8 Å². The molecule has 118 valence electrons. The molecule has 2 amide bonds. The summed E-state index contributed by atoms with van der Waals surface area (Å²) >= 11 is 2.93. The number of carbonyl (C=O) groups is 1. The van der Waals surface area contributed by atoms with Gasteiger partial charge in [0.05, 0.1) is 12.0 Å². The van der Waals surface area contributed by atoms with Crippen LogP contribution in [0.25, 0.3) is 9.88 Å². The van der Waals surface area contributed by atoms with Crippen molar-refractivity contribution in [1.82, 2.24) is 15.5 Å². The SMILES string of the molecule is COc1ccc(CNC(=O)Nc2nnc(-c3cccs3)s2)cc1. The van der Waals surface area contributed by atoms with Crippen LogP contribution in [0.15, 0.2) is 41.8 Å². The van der Waals surface area contributed by atoms with E-state index in [1.807, 2.05) is 41.8 Å². The Hall–Kier alpha value is -2.45. The number of hydrogen-bond acceptors (Lipinski definition) is 6. The number of urea groups is 1. The lowest BCUT2D eigenvalue weighted by Crippen LogP contribution is -2.28. The number of hydrogen-bond donors (Lipinski definition) is 2. The Labute approximate surface area is 141 Å². The van der Waals surface area contributed by atoms with Crippen LogP contribution in [-0.4, -0.2) is 23.3 Å². The molecular formula is C15H14N4O2S2. The molecular weight excluding hydrogens is 332 g/mol. The highest BCUT2D eigenvalue weighted by atomic mass is 32.1. The van der Waals surface area contributed by atoms with Gasteiger partial charge in [-0.1, -0.05) is 29.5 Å². The number of nitrogens with one attached hydrogen (secondary N) is 2. The fraction of sp³-hybridized carbons (Fsp3) is 0.133. The van der Waals surface area contributed by atoms with E-state index in [0.717, 1.165) is 21.2 Å². The Balaban J connectivity index is 1.53. The van der Waals surface area contributed by atoms with Crippen molar-refractivity contribution in [3.05, 3.63) is 47.3 Å². The number of benzene rings is 1. The van der Waals surface area contributed by atoms with E-state index in [1.165, 1.54) is 11.3 Å². The third-order valence-corrected chi connectivity index (χ3v) is 4.87. The van der Waals surface area contributed by atoms with Crippen LogP contribution in [0.5, 0.6) is 5.75 Å². The maximum atomic E-state index is 11.9. The van der Waals surface area contributed by atoms with Crippen molar-refractivity contribution in [3.8, 4) is 15.6 Å². The van der Waals surface area contributed by atoms with E-state index in [-0.39, 0.29) is 6.03 Å². The van der Waals surface area contributed by atoms with E-state index < -0.39 is 0 Å². The lowest BCUT2D eigenvalue weighted by atomic mass is 10.2. The quantitative estimate of drug-likeness (QED) is 0.740. The third kappa shape index (κ3) is 4.05. The van der Waals surface area contributed by atoms with Crippen molar-refractivity contribution in [1.29, 1.82) is 0 Å². The van der Waals surface area contributed by atoms with Gasteiger partial charge in [-0.2, -0.15) is 0 Å². The molecule has 8 heteroatoms. The predicted octanol–water partition coefficient (Wildman–Crippen LogP) is 3.60. The summed E-state index contributed by atoms with van der Waals surface area (Å²) in [5.74, 6) is 0.785. The average molecular weight is 346 g/mol. The highest BCUT2D eigenvalue weighted by molar-refractivity contribution is 7.23. The molecule has 0 bridgehead atoms. The van der Waals surface area contributed by atoms with Gasteiger partial charge in [-0.15, -0.1) is 21.5 Å². The summed E-state index contributed by atoms with van der Waals surface area (Å²) < 4.78 is 5.09. The van der Waals surface area contributed by atoms with Gasteiger partial charge in [0.1, 0.15) is 5.75 Å². The maximum absolute atomic E-state index is 11.9. The molecule has 1 aromatic carbocycles. The summed E-state index contributed by atoms with van der Waals surface area (Å²) in [4.78, 5) is 12.9. The van der Waals surface area contributed by atoms with E-state index >= 15 is 0 Å². The van der Waals surface area contributed by atoms with Crippen molar-refractivity contribution in [3.63, 3.8) is 0 Å². The van der Waals surface area contributed by atoms with Gasteiger partial charge in [-0.3, -0.25) is 5.32 Å². The number of amides is 2. The van der Waals surface area contributed by atoms with Crippen LogP contribution in [0, 0.1) is 0 Å². The summed E-state index contributed by atoms with van der Waals surface area (Å²) in [5, 5.41) is 16.8. The highest BCUT2D eigenvalue weighted by Crippen LogP contribution is 2.29. The molecule has 3 aromatic rings. The highest BCUT2D eigenvalue weighted by Gasteiger charge is 2.10. The van der Waals surface area contributed by atoms with Gasteiger partial charge in [0.2, 0.25) is 5.13 Å². The minimum atomic E-state index is -0.310. The second-order valence-electron chi connectivity index (χ2n) is 4.55. The lowest BCUT2D eigenvalue weighted by Gasteiger charge is -2.06. The van der Waals surface area contributed by atoms with Crippen molar-refractivity contribution in [2.24, 2.45) is 0 Å². The molecule has 2 heterocycles. The normalized spacial score (nSPS) is 10.3. The summed E-state index contributed by atoms with van der Waals surface area (Å²) in [6, 6.07) is 11.1. The first-order valence-electron chi connectivity index (χ1n) is 6.80. The van der Waals surface area contributed by atoms with E-state index in [4.69, 9.17) is 4.74 Å². The number of aromatic nitrogens is 2. The molecule has 0 aliphatic rings. The zero-order chi connectivity index (χ0) is 16.1. The fourth-order valence-electron chi connectivity index (χ4n) is 1.84. The molecule has 0 saturated heterocycles. The zero-order valence-electron chi connectivity index (χ0n) is 12.3. The van der Waals surface area contributed by atoms with Gasteiger partial charge in [0.15, 0.2) is 5.01 Å². The van der Waals surface area contributed by atoms with Crippen molar-refractivity contribution in [2.45, 2.75) is 6.54 Å². The number of anilines is 1. The molecule has 6 nitrogen and oxygen atoms in total. The number of rotatable bonds is 5. The van der Waals surface area contributed by atoms with Crippen molar-refractivity contribution in [2.75, 3.05) is 12.4 Å². The summed E-state index contributed by atoms with van der Waals surface area (Å²) in [5.41, 5.74) is 0.984. The van der Waals surface area contributed by atoms with Crippen LogP contribution in [0.4, 0.5) is 9.93 Å². The first kappa shape index (κ1) is 15.4. The van der Waals surface area contributed by atoms with Crippen LogP contribution in [0.2, 0.25) is 0 Å². The number of methoxy groups -OCH3 is 1. The van der Waals surface area contributed by atoms with Gasteiger partial charge >= 0.3 is 6.03 Å². The van der Waals surface area contributed by atoms with Gasteiger partial charge in [0.25, 0.3) is 0 Å². The second kappa shape index (κ2) is 7.21. The molecule has 0 saturated carbocycles. The van der Waals surface area contributed by atoms with E-state index in [0.29, 0.717) is 11.7 Å². The van der Waals surface area contributed by atoms with E-state index in [9.17, 15) is 4.79 Å². The van der Waals surface area contributed by atoms with E-state index in [1.54, 1.807) is 18.4 Å². The molecule has 0 spiro atoms. The molecule has 0 fully saturated rings. The number of thiophene rings is 1. The number of nitrogens with zero attached hydrogens (tertiary/aromatic N) is 2. The summed E-state index contributed by atoms with van der Waals surface area (Å²) in [7, 11) is 1.62. The first-order chi connectivity index (χ1) is 11.2. The van der Waals surface area contributed by atoms with Crippen LogP contribution in [0.3, 0.4) is 0 Å². The minimum Gasteiger partial charge on any atom is -0.497 e. The zero-order valence-corrected chi connectivity index (χ0v) is 13.9. The Morgan fingerprint density at radius 2 is 2.04 bits per heavy atom. The van der Waals surface area contributed by atoms with Crippen LogP contribution in [0.1, 0.15) is 5.56 Å². The fourth-order valence-corrected chi connectivity index (χ4v) is 3.37. The van der Waals surface area contributed by atoms with Gasteiger partial charge in [-0.05, 0) is 29.1 Å². The summed E-state index contributed by atoms with van der Waals surface area (Å²) in [6.07, 6.45) is 0. The first-order valence-corrected chi connectivity index (χ1v) is 8.49. The molecule has 0 aliphatic carbocycles. The molecule has 0 radical (unpaired) electrons. The third-order valence-electron chi connectivity index (χ3n) is 2.99. The molecule has 0 aliphatic heterocycles. The molecule has 0 unspecified atom stereocenters. The molecule has 3 rings (SSSR count). The van der Waals surface area contributed by atoms with Gasteiger partial charge < -0.3 is 10.1 Å². The Kier molecular flexibility index (Phi) is 4.84. The molecule has 23 heavy (non-hydrogen) atoms. The topological polar surface area (TPSA) is 76.1 Å². The van der Waals surface area contributed by atoms with Crippen LogP contribution >= 0.6 is 22.7 Å². The Morgan fingerprint density at radius 3 is 2.74 bits per heavy atom. The summed E-state index contributed by atoms with van der Waals surface area (Å²) in [6.45, 7) is 0.423. The average Bonchev–Trinajstić information content (AvgIpc) is 3.24. The smallest absolute Gasteiger partial charge is 0.321 e. The molecule has 2 aromatic heterocycles. The minimum absolute atomic E-state index is 0.310. The van der Waals surface area contributed by atoms with Crippen molar-refractivity contribution < 1.29 is 9.53 Å². The number of ether oxygens (including phenoxy) is 1. The monoisotopic (exact) mass is 346 g/mol. The Bertz CT molecular complexity index is 769. The Morgan fingerprint density at radius 1 is 1.22 bits per heavy atom. The standard InChI is InChI=1S/C15H14N4O2S2/c1-21-11-6-4-10(5-7-11)9-16-14(20)17-15-19-18-13(23-15)12-3-2-8-22-12/h2-8H,9H2,1H3,(H2,16,17,19,20).